The van der Waals surface area contributed by atoms with Crippen LogP contribution in [0.15, 0.2) is 40.4 Å². The predicted octanol–water partition coefficient (Wildman–Crippen LogP) is 4.45. The van der Waals surface area contributed by atoms with E-state index >= 15 is 0 Å². The van der Waals surface area contributed by atoms with E-state index in [1.165, 1.54) is 31.0 Å². The van der Waals surface area contributed by atoms with Gasteiger partial charge in [-0.3, -0.25) is 9.79 Å². The summed E-state index contributed by atoms with van der Waals surface area (Å²) >= 11 is 1.43. The first kappa shape index (κ1) is 17.9. The minimum Gasteiger partial charge on any atom is -0.346 e. The number of amidine groups is 1. The second-order valence-corrected chi connectivity index (χ2v) is 8.02. The summed E-state index contributed by atoms with van der Waals surface area (Å²) in [4.78, 5) is 17.8. The fourth-order valence-corrected chi connectivity index (χ4v) is 4.63. The Bertz CT molecular complexity index is 960. The first-order valence-electron chi connectivity index (χ1n) is 9.48. The molecule has 2 aromatic rings. The molecule has 138 valence electrons. The zero-order valence-electron chi connectivity index (χ0n) is 15.1. The number of benzene rings is 1. The fourth-order valence-electron chi connectivity index (χ4n) is 3.75. The van der Waals surface area contributed by atoms with Gasteiger partial charge in [-0.1, -0.05) is 37.5 Å². The third kappa shape index (κ3) is 3.93. The van der Waals surface area contributed by atoms with Crippen molar-refractivity contribution in [2.45, 2.75) is 51.1 Å². The van der Waals surface area contributed by atoms with Crippen LogP contribution in [0.4, 0.5) is 0 Å². The Labute approximate surface area is 163 Å². The van der Waals surface area contributed by atoms with Crippen LogP contribution in [-0.4, -0.2) is 21.7 Å². The molecule has 1 saturated carbocycles. The number of hydrogen-bond acceptors (Lipinski definition) is 4. The molecule has 1 aromatic heterocycles. The number of aliphatic imine (C=N–C) groups is 1. The number of nitrogens with zero attached hydrogens (tertiary/aromatic N) is 3. The maximum absolute atomic E-state index is 12.4. The van der Waals surface area contributed by atoms with Gasteiger partial charge in [-0.05, 0) is 36.7 Å². The summed E-state index contributed by atoms with van der Waals surface area (Å²) in [6.07, 6.45) is 10.4. The maximum Gasteiger partial charge on any atom is 0.264 e. The van der Waals surface area contributed by atoms with Gasteiger partial charge in [0.05, 0.1) is 23.4 Å². The Morgan fingerprint density at radius 2 is 2.11 bits per heavy atom. The van der Waals surface area contributed by atoms with Crippen LogP contribution in [-0.2, 0) is 11.3 Å². The topological polar surface area (TPSA) is 70.2 Å². The molecule has 0 unspecified atom stereocenters. The highest BCUT2D eigenvalue weighted by atomic mass is 32.2. The summed E-state index contributed by atoms with van der Waals surface area (Å²) in [5.41, 5.74) is 2.08. The van der Waals surface area contributed by atoms with Crippen LogP contribution in [0, 0.1) is 11.3 Å². The number of carbonyl (C=O) groups excluding carboxylic acids is 1. The molecule has 1 aromatic carbocycles. The van der Waals surface area contributed by atoms with E-state index in [0.717, 1.165) is 34.5 Å². The summed E-state index contributed by atoms with van der Waals surface area (Å²) in [5.74, 6) is -0.0802. The summed E-state index contributed by atoms with van der Waals surface area (Å²) in [7, 11) is 0. The lowest BCUT2D eigenvalue weighted by molar-refractivity contribution is -0.115. The van der Waals surface area contributed by atoms with Crippen LogP contribution in [0.25, 0.3) is 17.0 Å². The Hall–Kier alpha value is -2.52. The summed E-state index contributed by atoms with van der Waals surface area (Å²) < 4.78 is 2.08. The predicted molar refractivity (Wildman–Crippen MR) is 110 cm³/mol. The molecule has 1 N–H and O–H groups in total. The zero-order valence-corrected chi connectivity index (χ0v) is 16.0. The number of para-hydroxylation sites is 1. The molecule has 0 atom stereocenters. The molecule has 1 aliphatic carbocycles. The van der Waals surface area contributed by atoms with E-state index in [9.17, 15) is 4.79 Å². The largest absolute Gasteiger partial charge is 0.346 e. The Balaban J connectivity index is 1.60. The quantitative estimate of drug-likeness (QED) is 0.799. The van der Waals surface area contributed by atoms with Crippen molar-refractivity contribution >= 4 is 39.8 Å². The van der Waals surface area contributed by atoms with Crippen LogP contribution < -0.4 is 5.32 Å². The summed E-state index contributed by atoms with van der Waals surface area (Å²) in [6, 6.07) is 10.6. The molecule has 27 heavy (non-hydrogen) atoms. The van der Waals surface area contributed by atoms with E-state index in [1.807, 2.05) is 30.5 Å². The maximum atomic E-state index is 12.4. The normalized spacial score (nSPS) is 21.1. The molecule has 1 saturated heterocycles. The van der Waals surface area contributed by atoms with E-state index in [0.29, 0.717) is 23.9 Å². The Kier molecular flexibility index (Phi) is 5.30. The molecule has 5 nitrogen and oxygen atoms in total. The molecule has 2 heterocycles. The van der Waals surface area contributed by atoms with Gasteiger partial charge in [0.2, 0.25) is 0 Å². The standard InChI is InChI=1S/C21H22N4OS/c22-11-6-12-25-14-15(17-9-4-5-10-18(17)25)13-19-20(26)24-21(27-19)23-16-7-2-1-3-8-16/h4-5,9-10,13-14,16H,1-3,6-8,12H2,(H,23,24,26)/b19-13-. The second kappa shape index (κ2) is 8.01. The summed E-state index contributed by atoms with van der Waals surface area (Å²) in [6.45, 7) is 0.647. The average molecular weight is 379 g/mol. The molecule has 0 spiro atoms. The van der Waals surface area contributed by atoms with Crippen LogP contribution >= 0.6 is 11.8 Å². The number of nitrogens with one attached hydrogen (secondary N) is 1. The van der Waals surface area contributed by atoms with Gasteiger partial charge in [0.1, 0.15) is 0 Å². The molecule has 2 fully saturated rings. The third-order valence-corrected chi connectivity index (χ3v) is 6.02. The average Bonchev–Trinajstić information content (AvgIpc) is 3.21. The van der Waals surface area contributed by atoms with E-state index in [-0.39, 0.29) is 5.91 Å². The molecular formula is C21H22N4OS. The van der Waals surface area contributed by atoms with Gasteiger partial charge in [-0.25, -0.2) is 0 Å². The number of aryl methyl sites for hydroxylation is 1. The number of amides is 1. The van der Waals surface area contributed by atoms with Crippen LogP contribution in [0.5, 0.6) is 0 Å². The minimum absolute atomic E-state index is 0.0802. The first-order valence-corrected chi connectivity index (χ1v) is 10.3. The van der Waals surface area contributed by atoms with Crippen LogP contribution in [0.3, 0.4) is 0 Å². The van der Waals surface area contributed by atoms with Crippen molar-refractivity contribution in [3.8, 4) is 6.07 Å². The van der Waals surface area contributed by atoms with E-state index in [4.69, 9.17) is 10.3 Å². The number of fused-ring (bicyclic) bond motifs is 1. The number of hydrogen-bond donors (Lipinski definition) is 1. The van der Waals surface area contributed by atoms with Crippen molar-refractivity contribution in [2.75, 3.05) is 0 Å². The highest BCUT2D eigenvalue weighted by Crippen LogP contribution is 2.31. The SMILES string of the molecule is N#CCCn1cc(/C=C2\SC(=NC3CCCCC3)NC2=O)c2ccccc21. The molecule has 6 heteroatoms. The lowest BCUT2D eigenvalue weighted by Gasteiger charge is -2.17. The number of rotatable bonds is 4. The molecule has 0 bridgehead atoms. The van der Waals surface area contributed by atoms with Crippen LogP contribution in [0.2, 0.25) is 0 Å². The Morgan fingerprint density at radius 1 is 1.30 bits per heavy atom. The zero-order chi connectivity index (χ0) is 18.6. The van der Waals surface area contributed by atoms with Gasteiger partial charge in [-0.2, -0.15) is 5.26 Å². The molecule has 2 aliphatic rings. The van der Waals surface area contributed by atoms with E-state index < -0.39 is 0 Å². The van der Waals surface area contributed by atoms with Crippen molar-refractivity contribution in [1.29, 1.82) is 5.26 Å². The second-order valence-electron chi connectivity index (χ2n) is 6.99. The highest BCUT2D eigenvalue weighted by Gasteiger charge is 2.25. The van der Waals surface area contributed by atoms with Crippen molar-refractivity contribution < 1.29 is 4.79 Å². The molecule has 4 rings (SSSR count). The van der Waals surface area contributed by atoms with Crippen molar-refractivity contribution in [1.82, 2.24) is 9.88 Å². The van der Waals surface area contributed by atoms with Gasteiger partial charge in [0.25, 0.3) is 5.91 Å². The lowest BCUT2D eigenvalue weighted by atomic mass is 9.96. The molecule has 1 aliphatic heterocycles. The number of carbonyl (C=O) groups is 1. The fraction of sp³-hybridized carbons (Fsp3) is 0.381. The van der Waals surface area contributed by atoms with Crippen molar-refractivity contribution in [3.05, 3.63) is 40.9 Å². The molecule has 0 radical (unpaired) electrons. The number of nitriles is 1. The Morgan fingerprint density at radius 3 is 2.93 bits per heavy atom. The van der Waals surface area contributed by atoms with Gasteiger partial charge in [0.15, 0.2) is 5.17 Å². The third-order valence-electron chi connectivity index (χ3n) is 5.10. The smallest absolute Gasteiger partial charge is 0.264 e. The summed E-state index contributed by atoms with van der Waals surface area (Å²) in [5, 5.41) is 13.6. The lowest BCUT2D eigenvalue weighted by Crippen LogP contribution is -2.22. The van der Waals surface area contributed by atoms with Crippen molar-refractivity contribution in [2.24, 2.45) is 4.99 Å². The first-order chi connectivity index (χ1) is 13.2. The number of aromatic nitrogens is 1. The highest BCUT2D eigenvalue weighted by molar-refractivity contribution is 8.18. The number of thioether (sulfide) groups is 1. The van der Waals surface area contributed by atoms with Crippen molar-refractivity contribution in [3.63, 3.8) is 0 Å². The minimum atomic E-state index is -0.0802. The molecule has 1 amide bonds. The van der Waals surface area contributed by atoms with Crippen LogP contribution in [0.1, 0.15) is 44.1 Å². The van der Waals surface area contributed by atoms with Gasteiger partial charge in [-0.15, -0.1) is 0 Å². The van der Waals surface area contributed by atoms with Gasteiger partial charge < -0.3 is 9.88 Å². The van der Waals surface area contributed by atoms with Gasteiger partial charge in [0, 0.05) is 29.2 Å². The van der Waals surface area contributed by atoms with E-state index in [2.05, 4.69) is 22.0 Å². The molecular weight excluding hydrogens is 356 g/mol. The monoisotopic (exact) mass is 378 g/mol. The van der Waals surface area contributed by atoms with E-state index in [1.54, 1.807) is 0 Å². The van der Waals surface area contributed by atoms with Gasteiger partial charge >= 0.3 is 0 Å².